The van der Waals surface area contributed by atoms with Crippen molar-refractivity contribution < 1.29 is 14.7 Å². The van der Waals surface area contributed by atoms with Gasteiger partial charge in [0.1, 0.15) is 6.54 Å². The minimum absolute atomic E-state index is 0.137. The zero-order valence-electron chi connectivity index (χ0n) is 10.6. The van der Waals surface area contributed by atoms with Crippen molar-refractivity contribution in [1.29, 1.82) is 0 Å². The lowest BCUT2D eigenvalue weighted by Crippen LogP contribution is -2.40. The molecule has 0 aliphatic rings. The van der Waals surface area contributed by atoms with E-state index in [0.29, 0.717) is 13.1 Å². The fraction of sp³-hybridized carbons (Fsp3) is 0.500. The molecule has 0 aliphatic carbocycles. The summed E-state index contributed by atoms with van der Waals surface area (Å²) in [6.45, 7) is 0.852. The number of rotatable bonds is 7. The molecule has 1 amide bonds. The Morgan fingerprint density at radius 1 is 1.33 bits per heavy atom. The lowest BCUT2D eigenvalue weighted by Gasteiger charge is -2.22. The van der Waals surface area contributed by atoms with Crippen molar-refractivity contribution in [1.82, 2.24) is 9.80 Å². The van der Waals surface area contributed by atoms with E-state index in [1.807, 2.05) is 36.5 Å². The van der Waals surface area contributed by atoms with Gasteiger partial charge in [-0.25, -0.2) is 0 Å². The lowest BCUT2D eigenvalue weighted by atomic mass is 10.3. The summed E-state index contributed by atoms with van der Waals surface area (Å²) in [7, 11) is 3.78. The molecule has 0 spiro atoms. The van der Waals surface area contributed by atoms with Gasteiger partial charge in [-0.2, -0.15) is 0 Å². The highest BCUT2D eigenvalue weighted by Crippen LogP contribution is 2.10. The van der Waals surface area contributed by atoms with Gasteiger partial charge in [0.25, 0.3) is 0 Å². The molecule has 1 N–H and O–H groups in total. The molecule has 0 fully saturated rings. The van der Waals surface area contributed by atoms with Gasteiger partial charge in [0, 0.05) is 18.0 Å². The molecule has 1 aromatic heterocycles. The Labute approximate surface area is 111 Å². The quantitative estimate of drug-likeness (QED) is 0.795. The number of hydrogen-bond donors (Lipinski definition) is 1. The number of amides is 1. The molecule has 5 nitrogen and oxygen atoms in total. The third-order valence-electron chi connectivity index (χ3n) is 2.40. The average molecular weight is 270 g/mol. The summed E-state index contributed by atoms with van der Waals surface area (Å²) in [6.07, 6.45) is 0.276. The minimum atomic E-state index is -0.978. The van der Waals surface area contributed by atoms with E-state index in [0.717, 1.165) is 4.88 Å². The first-order valence-corrected chi connectivity index (χ1v) is 6.53. The molecule has 0 atom stereocenters. The van der Waals surface area contributed by atoms with E-state index in [4.69, 9.17) is 5.11 Å². The number of likely N-dealkylation sites (N-methyl/N-ethyl adjacent to an activating group) is 1. The van der Waals surface area contributed by atoms with Crippen LogP contribution in [-0.4, -0.2) is 60.5 Å². The third-order valence-corrected chi connectivity index (χ3v) is 3.28. The fourth-order valence-electron chi connectivity index (χ4n) is 1.45. The van der Waals surface area contributed by atoms with Gasteiger partial charge in [-0.1, -0.05) is 6.07 Å². The highest BCUT2D eigenvalue weighted by atomic mass is 32.1. The molecule has 1 heterocycles. The predicted octanol–water partition coefficient (Wildman–Crippen LogP) is 0.765. The molecule has 18 heavy (non-hydrogen) atoms. The van der Waals surface area contributed by atoms with Crippen molar-refractivity contribution >= 4 is 23.2 Å². The summed E-state index contributed by atoms with van der Waals surface area (Å²) in [5.74, 6) is -1.12. The van der Waals surface area contributed by atoms with E-state index in [-0.39, 0.29) is 18.9 Å². The Bertz CT molecular complexity index is 390. The number of nitrogens with zero attached hydrogens (tertiary/aromatic N) is 2. The van der Waals surface area contributed by atoms with Crippen LogP contribution in [0, 0.1) is 0 Å². The summed E-state index contributed by atoms with van der Waals surface area (Å²) in [5.41, 5.74) is 0. The van der Waals surface area contributed by atoms with Gasteiger partial charge in [-0.05, 0) is 25.5 Å². The minimum Gasteiger partial charge on any atom is -0.480 e. The molecule has 0 saturated carbocycles. The summed E-state index contributed by atoms with van der Waals surface area (Å²) in [4.78, 5) is 27.0. The second kappa shape index (κ2) is 7.13. The largest absolute Gasteiger partial charge is 0.480 e. The van der Waals surface area contributed by atoms with E-state index < -0.39 is 5.97 Å². The zero-order chi connectivity index (χ0) is 13.5. The highest BCUT2D eigenvalue weighted by molar-refractivity contribution is 7.10. The summed E-state index contributed by atoms with van der Waals surface area (Å²) in [6, 6.07) is 3.77. The normalized spacial score (nSPS) is 10.6. The summed E-state index contributed by atoms with van der Waals surface area (Å²) < 4.78 is 0. The van der Waals surface area contributed by atoms with Gasteiger partial charge in [-0.15, -0.1) is 11.3 Å². The SMILES string of the molecule is CN(C)CCN(CC(=O)O)C(=O)Cc1cccs1. The molecule has 0 bridgehead atoms. The molecular weight excluding hydrogens is 252 g/mol. The van der Waals surface area contributed by atoms with Crippen molar-refractivity contribution in [3.63, 3.8) is 0 Å². The van der Waals surface area contributed by atoms with Gasteiger partial charge in [0.2, 0.25) is 5.91 Å². The Kier molecular flexibility index (Phi) is 5.80. The highest BCUT2D eigenvalue weighted by Gasteiger charge is 2.17. The third kappa shape index (κ3) is 5.29. The Balaban J connectivity index is 2.57. The number of aliphatic carboxylic acids is 1. The molecule has 0 aromatic carbocycles. The molecule has 0 radical (unpaired) electrons. The van der Waals surface area contributed by atoms with Crippen molar-refractivity contribution in [2.45, 2.75) is 6.42 Å². The van der Waals surface area contributed by atoms with Crippen LogP contribution in [0.1, 0.15) is 4.88 Å². The molecular formula is C12H18N2O3S. The molecule has 0 aliphatic heterocycles. The molecule has 6 heteroatoms. The smallest absolute Gasteiger partial charge is 0.323 e. The van der Waals surface area contributed by atoms with E-state index in [1.165, 1.54) is 16.2 Å². The first kappa shape index (κ1) is 14.7. The van der Waals surface area contributed by atoms with Crippen LogP contribution in [0.25, 0.3) is 0 Å². The Hall–Kier alpha value is -1.40. The number of carboxylic acid groups (broad SMARTS) is 1. The monoisotopic (exact) mass is 270 g/mol. The van der Waals surface area contributed by atoms with Crippen LogP contribution in [0.3, 0.4) is 0 Å². The van der Waals surface area contributed by atoms with Crippen LogP contribution in [0.4, 0.5) is 0 Å². The average Bonchev–Trinajstić information content (AvgIpc) is 2.76. The van der Waals surface area contributed by atoms with E-state index in [1.54, 1.807) is 0 Å². The number of carboxylic acids is 1. The molecule has 0 saturated heterocycles. The lowest BCUT2D eigenvalue weighted by molar-refractivity contribution is -0.144. The van der Waals surface area contributed by atoms with E-state index >= 15 is 0 Å². The van der Waals surface area contributed by atoms with Gasteiger partial charge < -0.3 is 14.9 Å². The maximum absolute atomic E-state index is 12.0. The number of hydrogen-bond acceptors (Lipinski definition) is 4. The number of thiophene rings is 1. The van der Waals surface area contributed by atoms with Gasteiger partial charge in [-0.3, -0.25) is 9.59 Å². The standard InChI is InChI=1S/C12H18N2O3S/c1-13(2)5-6-14(9-12(16)17)11(15)8-10-4-3-7-18-10/h3-4,7H,5-6,8-9H2,1-2H3,(H,16,17). The zero-order valence-corrected chi connectivity index (χ0v) is 11.4. The molecule has 0 unspecified atom stereocenters. The van der Waals surface area contributed by atoms with Crippen LogP contribution in [0.5, 0.6) is 0 Å². The van der Waals surface area contributed by atoms with Crippen molar-refractivity contribution in [3.05, 3.63) is 22.4 Å². The first-order valence-electron chi connectivity index (χ1n) is 5.65. The first-order chi connectivity index (χ1) is 8.49. The molecule has 1 aromatic rings. The second-order valence-corrected chi connectivity index (χ2v) is 5.30. The fourth-order valence-corrected chi connectivity index (χ4v) is 2.15. The number of carbonyl (C=O) groups excluding carboxylic acids is 1. The van der Waals surface area contributed by atoms with Crippen LogP contribution in [0.2, 0.25) is 0 Å². The van der Waals surface area contributed by atoms with Gasteiger partial charge >= 0.3 is 5.97 Å². The van der Waals surface area contributed by atoms with Crippen molar-refractivity contribution in [2.75, 3.05) is 33.7 Å². The molecule has 1 rings (SSSR count). The van der Waals surface area contributed by atoms with E-state index in [9.17, 15) is 9.59 Å². The maximum atomic E-state index is 12.0. The summed E-state index contributed by atoms with van der Waals surface area (Å²) in [5, 5.41) is 10.7. The van der Waals surface area contributed by atoms with Crippen LogP contribution in [-0.2, 0) is 16.0 Å². The predicted molar refractivity (Wildman–Crippen MR) is 70.8 cm³/mol. The number of carbonyl (C=O) groups is 2. The van der Waals surface area contributed by atoms with Gasteiger partial charge in [0.15, 0.2) is 0 Å². The van der Waals surface area contributed by atoms with Crippen LogP contribution in [0.15, 0.2) is 17.5 Å². The summed E-state index contributed by atoms with van der Waals surface area (Å²) >= 11 is 1.51. The van der Waals surface area contributed by atoms with Crippen LogP contribution >= 0.6 is 11.3 Å². The Morgan fingerprint density at radius 3 is 2.56 bits per heavy atom. The maximum Gasteiger partial charge on any atom is 0.323 e. The van der Waals surface area contributed by atoms with Crippen LogP contribution < -0.4 is 0 Å². The van der Waals surface area contributed by atoms with Crippen molar-refractivity contribution in [3.8, 4) is 0 Å². The van der Waals surface area contributed by atoms with E-state index in [2.05, 4.69) is 0 Å². The Morgan fingerprint density at radius 2 is 2.06 bits per heavy atom. The second-order valence-electron chi connectivity index (χ2n) is 4.27. The van der Waals surface area contributed by atoms with Crippen molar-refractivity contribution in [2.24, 2.45) is 0 Å². The molecule has 100 valence electrons. The topological polar surface area (TPSA) is 60.9 Å². The van der Waals surface area contributed by atoms with Gasteiger partial charge in [0.05, 0.1) is 6.42 Å².